The summed E-state index contributed by atoms with van der Waals surface area (Å²) in [5, 5.41) is 9.29. The highest BCUT2D eigenvalue weighted by atomic mass is 79.9. The van der Waals surface area contributed by atoms with Crippen LogP contribution in [0.2, 0.25) is 0 Å². The molecule has 0 spiro atoms. The van der Waals surface area contributed by atoms with Gasteiger partial charge >= 0.3 is 0 Å². The summed E-state index contributed by atoms with van der Waals surface area (Å²) in [6.45, 7) is 2.23. The summed E-state index contributed by atoms with van der Waals surface area (Å²) < 4.78 is 0. The molecule has 0 heterocycles. The molecular weight excluding hydrogens is 240 g/mol. The molecule has 0 aromatic rings. The molecule has 0 aliphatic rings. The molecule has 0 rings (SSSR count). The molecule has 1 N–H and O–H groups in total. The minimum Gasteiger partial charge on any atom is -0.380 e. The van der Waals surface area contributed by atoms with Crippen molar-refractivity contribution >= 4 is 15.9 Å². The van der Waals surface area contributed by atoms with Gasteiger partial charge in [-0.25, -0.2) is 0 Å². The Bertz CT molecular complexity index is 169. The van der Waals surface area contributed by atoms with Gasteiger partial charge in [0.15, 0.2) is 0 Å². The average Bonchev–Trinajstić information content (AvgIpc) is 2.17. The van der Waals surface area contributed by atoms with E-state index in [0.29, 0.717) is 0 Å². The van der Waals surface area contributed by atoms with E-state index < -0.39 is 6.10 Å². The highest BCUT2D eigenvalue weighted by Gasteiger charge is 1.98. The smallest absolute Gasteiger partial charge is 0.115 e. The van der Waals surface area contributed by atoms with Crippen LogP contribution in [-0.4, -0.2) is 11.2 Å². The molecule has 1 atom stereocenters. The van der Waals surface area contributed by atoms with E-state index in [4.69, 9.17) is 0 Å². The van der Waals surface area contributed by atoms with Crippen molar-refractivity contribution in [2.75, 3.05) is 0 Å². The predicted molar refractivity (Wildman–Crippen MR) is 65.3 cm³/mol. The number of aliphatic hydroxyl groups is 1. The molecule has 2 heteroatoms. The molecule has 14 heavy (non-hydrogen) atoms. The number of hydrogen-bond donors (Lipinski definition) is 1. The Morgan fingerprint density at radius 2 is 1.64 bits per heavy atom. The topological polar surface area (TPSA) is 20.2 Å². The molecule has 0 bridgehead atoms. The van der Waals surface area contributed by atoms with Gasteiger partial charge in [-0.3, -0.25) is 0 Å². The summed E-state index contributed by atoms with van der Waals surface area (Å²) in [7, 11) is 0. The highest BCUT2D eigenvalue weighted by molar-refractivity contribution is 9.12. The zero-order chi connectivity index (χ0) is 10.6. The molecule has 1 nitrogen and oxygen atoms in total. The van der Waals surface area contributed by atoms with E-state index in [2.05, 4.69) is 33.6 Å². The van der Waals surface area contributed by atoms with Crippen molar-refractivity contribution in [3.8, 4) is 10.8 Å². The van der Waals surface area contributed by atoms with Crippen molar-refractivity contribution in [2.45, 2.75) is 64.4 Å². The Hall–Kier alpha value is 0. The molecule has 0 aromatic carbocycles. The lowest BCUT2D eigenvalue weighted by Crippen LogP contribution is -2.01. The summed E-state index contributed by atoms with van der Waals surface area (Å²) in [4.78, 5) is 2.55. The van der Waals surface area contributed by atoms with E-state index in [1.54, 1.807) is 0 Å². The quantitative estimate of drug-likeness (QED) is 0.520. The Balaban J connectivity index is 3.08. The van der Waals surface area contributed by atoms with Crippen LogP contribution in [0.1, 0.15) is 58.3 Å². The number of aliphatic hydroxyl groups excluding tert-OH is 1. The van der Waals surface area contributed by atoms with Gasteiger partial charge in [0, 0.05) is 15.9 Å². The van der Waals surface area contributed by atoms with Gasteiger partial charge in [-0.2, -0.15) is 0 Å². The molecule has 1 unspecified atom stereocenters. The van der Waals surface area contributed by atoms with Gasteiger partial charge in [0.1, 0.15) is 6.10 Å². The third kappa shape index (κ3) is 10.1. The first-order valence-electron chi connectivity index (χ1n) is 5.60. The van der Waals surface area contributed by atoms with Gasteiger partial charge < -0.3 is 5.11 Å². The third-order valence-corrected chi connectivity index (χ3v) is 2.53. The Kier molecular flexibility index (Phi) is 11.1. The third-order valence-electron chi connectivity index (χ3n) is 2.30. The highest BCUT2D eigenvalue weighted by Crippen LogP contribution is 2.09. The van der Waals surface area contributed by atoms with E-state index in [1.807, 2.05) is 0 Å². The molecule has 0 saturated carbocycles. The monoisotopic (exact) mass is 260 g/mol. The number of halogens is 1. The van der Waals surface area contributed by atoms with Crippen molar-refractivity contribution in [1.29, 1.82) is 0 Å². The lowest BCUT2D eigenvalue weighted by molar-refractivity contribution is 0.217. The fourth-order valence-corrected chi connectivity index (χ4v) is 1.69. The standard InChI is InChI=1S/C12H21BrO/c1-2-3-4-5-6-7-8-9-12(14)10-11-13/h12,14H,2-9H2,1H3. The van der Waals surface area contributed by atoms with Crippen LogP contribution < -0.4 is 0 Å². The second-order valence-electron chi connectivity index (χ2n) is 3.66. The summed E-state index contributed by atoms with van der Waals surface area (Å²) in [6, 6.07) is 0. The van der Waals surface area contributed by atoms with E-state index in [9.17, 15) is 5.11 Å². The SMILES string of the molecule is CCCCCCCCCC(O)C#CBr. The van der Waals surface area contributed by atoms with Crippen LogP contribution in [0.15, 0.2) is 0 Å². The van der Waals surface area contributed by atoms with Crippen LogP contribution in [0.4, 0.5) is 0 Å². The van der Waals surface area contributed by atoms with Gasteiger partial charge in [0.2, 0.25) is 0 Å². The van der Waals surface area contributed by atoms with E-state index in [-0.39, 0.29) is 0 Å². The zero-order valence-corrected chi connectivity index (χ0v) is 10.6. The largest absolute Gasteiger partial charge is 0.380 e. The van der Waals surface area contributed by atoms with Gasteiger partial charge in [0.25, 0.3) is 0 Å². The summed E-state index contributed by atoms with van der Waals surface area (Å²) in [5.74, 6) is 2.68. The fourth-order valence-electron chi connectivity index (χ4n) is 1.43. The molecule has 0 radical (unpaired) electrons. The maximum absolute atomic E-state index is 9.29. The van der Waals surface area contributed by atoms with Crippen LogP contribution in [0.3, 0.4) is 0 Å². The average molecular weight is 261 g/mol. The Morgan fingerprint density at radius 3 is 2.21 bits per heavy atom. The summed E-state index contributed by atoms with van der Waals surface area (Å²) in [5.41, 5.74) is 0. The van der Waals surface area contributed by atoms with Crippen LogP contribution in [0.25, 0.3) is 0 Å². The van der Waals surface area contributed by atoms with E-state index in [0.717, 1.165) is 12.8 Å². The molecule has 0 aliphatic heterocycles. The lowest BCUT2D eigenvalue weighted by atomic mass is 10.1. The van der Waals surface area contributed by atoms with Crippen LogP contribution in [-0.2, 0) is 0 Å². The Labute approximate surface area is 96.4 Å². The summed E-state index contributed by atoms with van der Waals surface area (Å²) in [6.07, 6.45) is 9.36. The van der Waals surface area contributed by atoms with Crippen molar-refractivity contribution in [3.63, 3.8) is 0 Å². The van der Waals surface area contributed by atoms with Crippen molar-refractivity contribution in [1.82, 2.24) is 0 Å². The second-order valence-corrected chi connectivity index (χ2v) is 4.06. The van der Waals surface area contributed by atoms with Gasteiger partial charge in [-0.1, -0.05) is 51.4 Å². The van der Waals surface area contributed by atoms with Crippen LogP contribution in [0.5, 0.6) is 0 Å². The normalized spacial score (nSPS) is 11.9. The van der Waals surface area contributed by atoms with Crippen molar-refractivity contribution in [3.05, 3.63) is 0 Å². The minimum atomic E-state index is -0.440. The van der Waals surface area contributed by atoms with Gasteiger partial charge in [-0.15, -0.1) is 0 Å². The maximum Gasteiger partial charge on any atom is 0.115 e. The molecule has 0 saturated heterocycles. The van der Waals surface area contributed by atoms with Crippen LogP contribution in [0, 0.1) is 10.8 Å². The predicted octanol–water partition coefficient (Wildman–Crippen LogP) is 3.84. The maximum atomic E-state index is 9.29. The number of hydrogen-bond acceptors (Lipinski definition) is 1. The van der Waals surface area contributed by atoms with E-state index in [1.165, 1.54) is 38.5 Å². The molecule has 0 aromatic heterocycles. The first-order chi connectivity index (χ1) is 6.81. The second kappa shape index (κ2) is 11.1. The molecule has 0 aliphatic carbocycles. The first-order valence-corrected chi connectivity index (χ1v) is 6.39. The molecule has 82 valence electrons. The van der Waals surface area contributed by atoms with Gasteiger partial charge in [0.05, 0.1) is 0 Å². The van der Waals surface area contributed by atoms with Crippen LogP contribution >= 0.6 is 15.9 Å². The number of rotatable bonds is 8. The van der Waals surface area contributed by atoms with Crippen molar-refractivity contribution in [2.24, 2.45) is 0 Å². The zero-order valence-electron chi connectivity index (χ0n) is 9.06. The molecule has 0 fully saturated rings. The minimum absolute atomic E-state index is 0.440. The summed E-state index contributed by atoms with van der Waals surface area (Å²) >= 11 is 2.98. The molecule has 0 amide bonds. The lowest BCUT2D eigenvalue weighted by Gasteiger charge is -2.02. The number of unbranched alkanes of at least 4 members (excludes halogenated alkanes) is 6. The van der Waals surface area contributed by atoms with Gasteiger partial charge in [-0.05, 0) is 17.7 Å². The van der Waals surface area contributed by atoms with E-state index >= 15 is 0 Å². The molecular formula is C12H21BrO. The first kappa shape index (κ1) is 14.0. The fraction of sp³-hybridized carbons (Fsp3) is 0.833. The van der Waals surface area contributed by atoms with Crippen molar-refractivity contribution < 1.29 is 5.11 Å². The Morgan fingerprint density at radius 1 is 1.07 bits per heavy atom.